The van der Waals surface area contributed by atoms with Gasteiger partial charge in [-0.1, -0.05) is 11.6 Å². The van der Waals surface area contributed by atoms with Crippen LogP contribution in [0.15, 0.2) is 18.2 Å². The first-order valence-electron chi connectivity index (χ1n) is 3.95. The average molecular weight is 211 g/mol. The second-order valence-corrected chi connectivity index (χ2v) is 3.31. The van der Waals surface area contributed by atoms with Crippen molar-refractivity contribution in [2.75, 3.05) is 0 Å². The van der Waals surface area contributed by atoms with Crippen LogP contribution in [0.1, 0.15) is 10.4 Å². The van der Waals surface area contributed by atoms with Gasteiger partial charge in [-0.25, -0.2) is 4.79 Å². The third-order valence-corrected chi connectivity index (χ3v) is 2.33. The number of hydrogen-bond acceptors (Lipinski definition) is 2. The van der Waals surface area contributed by atoms with Crippen molar-refractivity contribution in [3.63, 3.8) is 0 Å². The van der Waals surface area contributed by atoms with Crippen molar-refractivity contribution in [2.45, 2.75) is 0 Å². The highest BCUT2D eigenvalue weighted by Crippen LogP contribution is 2.23. The highest BCUT2D eigenvalue weighted by Gasteiger charge is 2.09. The van der Waals surface area contributed by atoms with E-state index in [1.165, 1.54) is 12.1 Å². The number of nitrogens with zero attached hydrogens (tertiary/aromatic N) is 2. The summed E-state index contributed by atoms with van der Waals surface area (Å²) < 4.78 is 1.61. The lowest BCUT2D eigenvalue weighted by molar-refractivity contribution is 0.0697. The fraction of sp³-hybridized carbons (Fsp3) is 0.111. The maximum atomic E-state index is 10.7. The Bertz CT molecular complexity index is 519. The van der Waals surface area contributed by atoms with Gasteiger partial charge in [0.2, 0.25) is 0 Å². The molecule has 0 aliphatic rings. The minimum absolute atomic E-state index is 0.215. The Balaban J connectivity index is 2.77. The van der Waals surface area contributed by atoms with E-state index in [1.54, 1.807) is 17.8 Å². The van der Waals surface area contributed by atoms with Crippen molar-refractivity contribution in [3.05, 3.63) is 28.9 Å². The maximum absolute atomic E-state index is 10.7. The summed E-state index contributed by atoms with van der Waals surface area (Å²) in [7, 11) is 1.76. The van der Waals surface area contributed by atoms with E-state index >= 15 is 0 Å². The van der Waals surface area contributed by atoms with Crippen LogP contribution >= 0.6 is 11.6 Å². The standard InChI is InChI=1S/C9H7ClN2O2/c1-12-7-3-2-5(9(13)14)4-6(7)8(10)11-12/h2-4H,1H3,(H,13,14). The van der Waals surface area contributed by atoms with E-state index in [0.29, 0.717) is 10.5 Å². The number of hydrogen-bond donors (Lipinski definition) is 1. The first-order chi connectivity index (χ1) is 6.59. The van der Waals surface area contributed by atoms with Gasteiger partial charge in [-0.3, -0.25) is 4.68 Å². The number of fused-ring (bicyclic) bond motifs is 1. The van der Waals surface area contributed by atoms with E-state index in [-0.39, 0.29) is 5.56 Å². The number of carbonyl (C=O) groups is 1. The molecule has 0 atom stereocenters. The van der Waals surface area contributed by atoms with Gasteiger partial charge in [0.1, 0.15) is 0 Å². The molecule has 4 nitrogen and oxygen atoms in total. The first-order valence-corrected chi connectivity index (χ1v) is 4.33. The second-order valence-electron chi connectivity index (χ2n) is 2.95. The number of rotatable bonds is 1. The maximum Gasteiger partial charge on any atom is 0.335 e. The number of carboxylic acids is 1. The van der Waals surface area contributed by atoms with E-state index in [4.69, 9.17) is 16.7 Å². The minimum atomic E-state index is -0.966. The Labute approximate surface area is 84.7 Å². The molecule has 1 N–H and O–H groups in total. The molecule has 0 amide bonds. The van der Waals surface area contributed by atoms with Crippen molar-refractivity contribution in [1.29, 1.82) is 0 Å². The predicted molar refractivity (Wildman–Crippen MR) is 52.7 cm³/mol. The molecule has 0 spiro atoms. The Morgan fingerprint density at radius 1 is 1.57 bits per heavy atom. The van der Waals surface area contributed by atoms with Gasteiger partial charge in [-0.2, -0.15) is 5.10 Å². The smallest absolute Gasteiger partial charge is 0.335 e. The van der Waals surface area contributed by atoms with E-state index < -0.39 is 5.97 Å². The SMILES string of the molecule is Cn1nc(Cl)c2cc(C(=O)O)ccc21. The largest absolute Gasteiger partial charge is 0.478 e. The molecule has 0 saturated heterocycles. The van der Waals surface area contributed by atoms with Crippen LogP contribution in [0.3, 0.4) is 0 Å². The summed E-state index contributed by atoms with van der Waals surface area (Å²) in [6.45, 7) is 0. The van der Waals surface area contributed by atoms with Gasteiger partial charge < -0.3 is 5.11 Å². The first kappa shape index (κ1) is 9.02. The topological polar surface area (TPSA) is 55.1 Å². The summed E-state index contributed by atoms with van der Waals surface area (Å²) in [5.41, 5.74) is 1.03. The van der Waals surface area contributed by atoms with Crippen LogP contribution in [0, 0.1) is 0 Å². The van der Waals surface area contributed by atoms with Crippen molar-refractivity contribution in [1.82, 2.24) is 9.78 Å². The predicted octanol–water partition coefficient (Wildman–Crippen LogP) is 1.92. The number of aromatic nitrogens is 2. The quantitative estimate of drug-likeness (QED) is 0.783. The van der Waals surface area contributed by atoms with Crippen LogP contribution in [0.4, 0.5) is 0 Å². The zero-order valence-corrected chi connectivity index (χ0v) is 8.12. The van der Waals surface area contributed by atoms with Crippen LogP contribution in [-0.4, -0.2) is 20.9 Å². The van der Waals surface area contributed by atoms with Crippen LogP contribution in [0.25, 0.3) is 10.9 Å². The fourth-order valence-electron chi connectivity index (χ4n) is 1.36. The summed E-state index contributed by atoms with van der Waals surface area (Å²) in [5, 5.41) is 13.7. The zero-order valence-electron chi connectivity index (χ0n) is 7.36. The van der Waals surface area contributed by atoms with Gasteiger partial charge in [0.25, 0.3) is 0 Å². The van der Waals surface area contributed by atoms with Crippen molar-refractivity contribution < 1.29 is 9.90 Å². The lowest BCUT2D eigenvalue weighted by Gasteiger charge is -1.95. The summed E-state index contributed by atoms with van der Waals surface area (Å²) in [6, 6.07) is 4.74. The van der Waals surface area contributed by atoms with Crippen LogP contribution < -0.4 is 0 Å². The van der Waals surface area contributed by atoms with Gasteiger partial charge in [-0.05, 0) is 18.2 Å². The highest BCUT2D eigenvalue weighted by molar-refractivity contribution is 6.34. The average Bonchev–Trinajstić information content (AvgIpc) is 2.42. The molecule has 2 aromatic rings. The van der Waals surface area contributed by atoms with Gasteiger partial charge in [0.15, 0.2) is 5.15 Å². The van der Waals surface area contributed by atoms with E-state index in [9.17, 15) is 4.79 Å². The molecule has 5 heteroatoms. The minimum Gasteiger partial charge on any atom is -0.478 e. The molecule has 1 aromatic carbocycles. The molecule has 0 fully saturated rings. The molecule has 0 aliphatic carbocycles. The normalized spacial score (nSPS) is 10.7. The van der Waals surface area contributed by atoms with Crippen LogP contribution in [-0.2, 0) is 7.05 Å². The van der Waals surface area contributed by atoms with E-state index in [1.807, 2.05) is 0 Å². The van der Waals surface area contributed by atoms with Crippen molar-refractivity contribution in [2.24, 2.45) is 7.05 Å². The highest BCUT2D eigenvalue weighted by atomic mass is 35.5. The Morgan fingerprint density at radius 2 is 2.29 bits per heavy atom. The molecule has 14 heavy (non-hydrogen) atoms. The summed E-state index contributed by atoms with van der Waals surface area (Å²) >= 11 is 5.83. The lowest BCUT2D eigenvalue weighted by Crippen LogP contribution is -1.95. The number of carboxylic acid groups (broad SMARTS) is 1. The molecule has 0 unspecified atom stereocenters. The van der Waals surface area contributed by atoms with Crippen LogP contribution in [0.2, 0.25) is 5.15 Å². The van der Waals surface area contributed by atoms with Gasteiger partial charge in [-0.15, -0.1) is 0 Å². The molecule has 0 bridgehead atoms. The molecule has 1 heterocycles. The molecule has 72 valence electrons. The van der Waals surface area contributed by atoms with Gasteiger partial charge >= 0.3 is 5.97 Å². The monoisotopic (exact) mass is 210 g/mol. The van der Waals surface area contributed by atoms with Gasteiger partial charge in [0.05, 0.1) is 11.1 Å². The van der Waals surface area contributed by atoms with Gasteiger partial charge in [0, 0.05) is 12.4 Å². The molecule has 2 rings (SSSR count). The third kappa shape index (κ3) is 1.24. The zero-order chi connectivity index (χ0) is 10.3. The fourth-order valence-corrected chi connectivity index (χ4v) is 1.62. The number of aryl methyl sites for hydroxylation is 1. The van der Waals surface area contributed by atoms with Crippen molar-refractivity contribution >= 4 is 28.5 Å². The molecule has 0 saturated carbocycles. The number of aromatic carboxylic acids is 1. The Hall–Kier alpha value is -1.55. The van der Waals surface area contributed by atoms with Crippen LogP contribution in [0.5, 0.6) is 0 Å². The Morgan fingerprint density at radius 3 is 2.93 bits per heavy atom. The lowest BCUT2D eigenvalue weighted by atomic mass is 10.1. The third-order valence-electron chi connectivity index (χ3n) is 2.05. The molecule has 1 aromatic heterocycles. The van der Waals surface area contributed by atoms with Crippen molar-refractivity contribution in [3.8, 4) is 0 Å². The summed E-state index contributed by atoms with van der Waals surface area (Å²) in [5.74, 6) is -0.966. The molecular weight excluding hydrogens is 204 g/mol. The molecule has 0 aliphatic heterocycles. The Kier molecular flexibility index (Phi) is 1.93. The molecule has 0 radical (unpaired) electrons. The summed E-state index contributed by atoms with van der Waals surface area (Å²) in [6.07, 6.45) is 0. The van der Waals surface area contributed by atoms with E-state index in [0.717, 1.165) is 5.52 Å². The number of benzene rings is 1. The molecular formula is C9H7ClN2O2. The number of halogens is 1. The second kappa shape index (κ2) is 2.99. The summed E-state index contributed by atoms with van der Waals surface area (Å²) in [4.78, 5) is 10.7. The van der Waals surface area contributed by atoms with E-state index in [2.05, 4.69) is 5.10 Å².